The van der Waals surface area contributed by atoms with Gasteiger partial charge in [-0.3, -0.25) is 4.79 Å². The van der Waals surface area contributed by atoms with E-state index in [1.807, 2.05) is 0 Å². The highest BCUT2D eigenvalue weighted by atomic mass is 32.1. The van der Waals surface area contributed by atoms with Gasteiger partial charge >= 0.3 is 0 Å². The van der Waals surface area contributed by atoms with E-state index in [0.29, 0.717) is 16.6 Å². The van der Waals surface area contributed by atoms with Crippen molar-refractivity contribution in [2.24, 2.45) is 0 Å². The van der Waals surface area contributed by atoms with E-state index in [4.69, 9.17) is 4.74 Å². The van der Waals surface area contributed by atoms with Gasteiger partial charge in [0.2, 0.25) is 0 Å². The topological polar surface area (TPSA) is 62.1 Å². The Labute approximate surface area is 154 Å². The second-order valence-electron chi connectivity index (χ2n) is 6.20. The smallest absolute Gasteiger partial charge is 0.265 e. The van der Waals surface area contributed by atoms with Crippen molar-refractivity contribution in [3.63, 3.8) is 0 Å². The molecule has 7 heteroatoms. The molecule has 1 atom stereocenters. The number of hydrogen-bond donors (Lipinski definition) is 1. The van der Waals surface area contributed by atoms with Gasteiger partial charge in [0.25, 0.3) is 5.91 Å². The molecule has 4 nitrogen and oxygen atoms in total. The number of nitrogens with one attached hydrogen (secondary N) is 1. The van der Waals surface area contributed by atoms with Crippen LogP contribution in [0.3, 0.4) is 0 Å². The third-order valence-electron chi connectivity index (χ3n) is 4.34. The maximum absolute atomic E-state index is 13.7. The van der Waals surface area contributed by atoms with Crippen molar-refractivity contribution < 1.29 is 18.3 Å². The van der Waals surface area contributed by atoms with Crippen LogP contribution < -0.4 is 10.1 Å². The minimum atomic E-state index is -0.997. The minimum absolute atomic E-state index is 0.198. The molecule has 0 aliphatic heterocycles. The van der Waals surface area contributed by atoms with Gasteiger partial charge in [0, 0.05) is 10.9 Å². The molecule has 2 aromatic rings. The van der Waals surface area contributed by atoms with Crippen molar-refractivity contribution in [3.8, 4) is 11.8 Å². The first-order valence-electron chi connectivity index (χ1n) is 8.46. The maximum Gasteiger partial charge on any atom is 0.265 e. The van der Waals surface area contributed by atoms with Crippen molar-refractivity contribution in [2.75, 3.05) is 5.32 Å². The van der Waals surface area contributed by atoms with Gasteiger partial charge in [0.15, 0.2) is 17.7 Å². The van der Waals surface area contributed by atoms with Crippen LogP contribution in [0.1, 0.15) is 42.2 Å². The van der Waals surface area contributed by atoms with Crippen LogP contribution in [-0.2, 0) is 17.6 Å². The number of amides is 1. The zero-order chi connectivity index (χ0) is 18.7. The van der Waals surface area contributed by atoms with Crippen molar-refractivity contribution in [3.05, 3.63) is 45.8 Å². The fourth-order valence-corrected chi connectivity index (χ4v) is 4.22. The lowest BCUT2D eigenvalue weighted by atomic mass is 10.1. The van der Waals surface area contributed by atoms with Crippen LogP contribution in [0.4, 0.5) is 13.8 Å². The number of ether oxygens (including phenoxy) is 1. The Hall–Kier alpha value is -2.46. The van der Waals surface area contributed by atoms with Gasteiger partial charge in [0.1, 0.15) is 16.9 Å². The van der Waals surface area contributed by atoms with Crippen molar-refractivity contribution in [1.82, 2.24) is 0 Å². The van der Waals surface area contributed by atoms with E-state index in [9.17, 15) is 18.8 Å². The highest BCUT2D eigenvalue weighted by Gasteiger charge is 2.23. The highest BCUT2D eigenvalue weighted by molar-refractivity contribution is 7.16. The minimum Gasteiger partial charge on any atom is -0.478 e. The van der Waals surface area contributed by atoms with E-state index >= 15 is 0 Å². The quantitative estimate of drug-likeness (QED) is 0.795. The molecular formula is C19H18F2N2O2S. The van der Waals surface area contributed by atoms with Crippen LogP contribution in [0.25, 0.3) is 0 Å². The molecule has 26 heavy (non-hydrogen) atoms. The standard InChI is InChI=1S/C19H18F2N2O2S/c1-11(25-16-8-7-12(20)9-15(16)21)18(24)23-19-14(10-22)13-5-3-2-4-6-17(13)26-19/h7-9,11H,2-6H2,1H3,(H,23,24)/t11-/m0/s1. The van der Waals surface area contributed by atoms with Crippen LogP contribution in [0.2, 0.25) is 0 Å². The average molecular weight is 376 g/mol. The first-order valence-corrected chi connectivity index (χ1v) is 9.28. The summed E-state index contributed by atoms with van der Waals surface area (Å²) in [5, 5.41) is 12.7. The zero-order valence-electron chi connectivity index (χ0n) is 14.3. The van der Waals surface area contributed by atoms with E-state index in [0.717, 1.165) is 54.7 Å². The molecule has 1 amide bonds. The number of benzene rings is 1. The summed E-state index contributed by atoms with van der Waals surface area (Å²) in [6.07, 6.45) is 4.02. The van der Waals surface area contributed by atoms with Gasteiger partial charge in [-0.2, -0.15) is 5.26 Å². The predicted molar refractivity (Wildman–Crippen MR) is 95.4 cm³/mol. The summed E-state index contributed by atoms with van der Waals surface area (Å²) < 4.78 is 31.9. The molecular weight excluding hydrogens is 358 g/mol. The second-order valence-corrected chi connectivity index (χ2v) is 7.31. The van der Waals surface area contributed by atoms with Crippen LogP contribution in [0.15, 0.2) is 18.2 Å². The number of halogens is 2. The molecule has 0 bridgehead atoms. The molecule has 0 saturated heterocycles. The number of anilines is 1. The molecule has 136 valence electrons. The number of carbonyl (C=O) groups excluding carboxylic acids is 1. The lowest BCUT2D eigenvalue weighted by molar-refractivity contribution is -0.122. The summed E-state index contributed by atoms with van der Waals surface area (Å²) in [6.45, 7) is 1.47. The van der Waals surface area contributed by atoms with Crippen molar-refractivity contribution >= 4 is 22.2 Å². The van der Waals surface area contributed by atoms with Crippen LogP contribution in [0, 0.1) is 23.0 Å². The Kier molecular flexibility index (Phi) is 5.52. The Morgan fingerprint density at radius 2 is 2.08 bits per heavy atom. The highest BCUT2D eigenvalue weighted by Crippen LogP contribution is 2.37. The van der Waals surface area contributed by atoms with E-state index in [-0.39, 0.29) is 5.75 Å². The first-order chi connectivity index (χ1) is 12.5. The third-order valence-corrected chi connectivity index (χ3v) is 5.54. The molecule has 0 spiro atoms. The SMILES string of the molecule is C[C@H](Oc1ccc(F)cc1F)C(=O)Nc1sc2c(c1C#N)CCCCC2. The Morgan fingerprint density at radius 3 is 2.81 bits per heavy atom. The Bertz CT molecular complexity index is 873. The Morgan fingerprint density at radius 1 is 1.31 bits per heavy atom. The Balaban J connectivity index is 1.74. The number of fused-ring (bicyclic) bond motifs is 1. The van der Waals surface area contributed by atoms with E-state index in [1.54, 1.807) is 0 Å². The molecule has 0 radical (unpaired) electrons. The first kappa shape index (κ1) is 18.3. The van der Waals surface area contributed by atoms with Gasteiger partial charge in [-0.1, -0.05) is 6.42 Å². The normalized spacial score (nSPS) is 14.7. The zero-order valence-corrected chi connectivity index (χ0v) is 15.1. The molecule has 1 aliphatic carbocycles. The van der Waals surface area contributed by atoms with Crippen molar-refractivity contribution in [1.29, 1.82) is 5.26 Å². The molecule has 1 aliphatic rings. The summed E-state index contributed by atoms with van der Waals surface area (Å²) in [7, 11) is 0. The molecule has 0 saturated carbocycles. The molecule has 1 N–H and O–H groups in total. The number of aryl methyl sites for hydroxylation is 1. The van der Waals surface area contributed by atoms with Crippen LogP contribution in [-0.4, -0.2) is 12.0 Å². The maximum atomic E-state index is 13.7. The van der Waals surface area contributed by atoms with Crippen LogP contribution in [0.5, 0.6) is 5.75 Å². The molecule has 1 aromatic heterocycles. The average Bonchev–Trinajstić information content (AvgIpc) is 2.76. The summed E-state index contributed by atoms with van der Waals surface area (Å²) in [6, 6.07) is 5.10. The molecule has 0 fully saturated rings. The van der Waals surface area contributed by atoms with Gasteiger partial charge in [0.05, 0.1) is 5.56 Å². The predicted octanol–water partition coefficient (Wildman–Crippen LogP) is 4.57. The second kappa shape index (κ2) is 7.83. The molecule has 1 aromatic carbocycles. The van der Waals surface area contributed by atoms with Gasteiger partial charge in [-0.25, -0.2) is 8.78 Å². The van der Waals surface area contributed by atoms with Crippen molar-refractivity contribution in [2.45, 2.75) is 45.1 Å². The summed E-state index contributed by atoms with van der Waals surface area (Å²) in [5.41, 5.74) is 1.55. The molecule has 0 unspecified atom stereocenters. The number of rotatable bonds is 4. The number of carbonyl (C=O) groups is 1. The lowest BCUT2D eigenvalue weighted by Gasteiger charge is -2.14. The largest absolute Gasteiger partial charge is 0.478 e. The van der Waals surface area contributed by atoms with Gasteiger partial charge in [-0.15, -0.1) is 11.3 Å². The van der Waals surface area contributed by atoms with E-state index < -0.39 is 23.6 Å². The van der Waals surface area contributed by atoms with Gasteiger partial charge < -0.3 is 10.1 Å². The number of nitriles is 1. The molecule has 3 rings (SSSR count). The van der Waals surface area contributed by atoms with E-state index in [2.05, 4.69) is 11.4 Å². The van der Waals surface area contributed by atoms with E-state index in [1.165, 1.54) is 18.3 Å². The number of nitrogens with zero attached hydrogens (tertiary/aromatic N) is 1. The summed E-state index contributed by atoms with van der Waals surface area (Å²) >= 11 is 1.42. The number of thiophene rings is 1. The lowest BCUT2D eigenvalue weighted by Crippen LogP contribution is -2.30. The van der Waals surface area contributed by atoms with Gasteiger partial charge in [-0.05, 0) is 50.3 Å². The summed E-state index contributed by atoms with van der Waals surface area (Å²) in [5.74, 6) is -2.27. The monoisotopic (exact) mass is 376 g/mol. The fourth-order valence-electron chi connectivity index (χ4n) is 2.98. The van der Waals surface area contributed by atoms with Crippen LogP contribution >= 0.6 is 11.3 Å². The number of hydrogen-bond acceptors (Lipinski definition) is 4. The third kappa shape index (κ3) is 3.86. The molecule has 1 heterocycles. The fraction of sp³-hybridized carbons (Fsp3) is 0.368. The summed E-state index contributed by atoms with van der Waals surface area (Å²) in [4.78, 5) is 13.6.